The Hall–Kier alpha value is -1.91. The van der Waals surface area contributed by atoms with E-state index < -0.39 is 0 Å². The number of nitrogens with zero attached hydrogens (tertiary/aromatic N) is 2. The van der Waals surface area contributed by atoms with E-state index >= 15 is 0 Å². The van der Waals surface area contributed by atoms with Gasteiger partial charge in [-0.15, -0.1) is 17.0 Å². The predicted molar refractivity (Wildman–Crippen MR) is 119 cm³/mol. The normalized spacial score (nSPS) is 14.9. The largest absolute Gasteiger partial charge is 0.378 e. The van der Waals surface area contributed by atoms with Gasteiger partial charge in [0.1, 0.15) is 0 Å². The standard InChI is InChI=1S/C23H26N2O.BrH/c1-23(2,3)18-10-8-17(9-11-18)21-16-22(25-12-14-26-15-13-25)19-6-4-5-7-20(19)24-21;/h4-11,16H,12-15H2,1-3H3;1H. The van der Waals surface area contributed by atoms with Crippen molar-refractivity contribution in [1.29, 1.82) is 0 Å². The number of benzene rings is 2. The molecule has 0 amide bonds. The zero-order chi connectivity index (χ0) is 18.1. The quantitative estimate of drug-likeness (QED) is 0.531. The van der Waals surface area contributed by atoms with Crippen LogP contribution in [0, 0.1) is 0 Å². The lowest BCUT2D eigenvalue weighted by Gasteiger charge is -2.30. The van der Waals surface area contributed by atoms with Crippen LogP contribution in [-0.4, -0.2) is 31.3 Å². The van der Waals surface area contributed by atoms with Crippen molar-refractivity contribution >= 4 is 33.6 Å². The van der Waals surface area contributed by atoms with Crippen LogP contribution in [0.1, 0.15) is 26.3 Å². The highest BCUT2D eigenvalue weighted by molar-refractivity contribution is 8.93. The molecule has 0 unspecified atom stereocenters. The molecule has 0 spiro atoms. The van der Waals surface area contributed by atoms with E-state index in [4.69, 9.17) is 9.72 Å². The van der Waals surface area contributed by atoms with Crippen molar-refractivity contribution in [3.63, 3.8) is 0 Å². The van der Waals surface area contributed by atoms with Gasteiger partial charge >= 0.3 is 0 Å². The molecule has 1 aliphatic heterocycles. The van der Waals surface area contributed by atoms with E-state index in [0.717, 1.165) is 37.5 Å². The van der Waals surface area contributed by atoms with E-state index in [1.165, 1.54) is 22.2 Å². The second kappa shape index (κ2) is 7.99. The fourth-order valence-electron chi connectivity index (χ4n) is 3.51. The van der Waals surface area contributed by atoms with E-state index in [2.05, 4.69) is 80.3 Å². The topological polar surface area (TPSA) is 25.4 Å². The van der Waals surface area contributed by atoms with Crippen molar-refractivity contribution in [3.8, 4) is 11.3 Å². The van der Waals surface area contributed by atoms with E-state index in [0.29, 0.717) is 0 Å². The number of halogens is 1. The van der Waals surface area contributed by atoms with Crippen LogP contribution in [-0.2, 0) is 10.2 Å². The van der Waals surface area contributed by atoms with Gasteiger partial charge in [0.25, 0.3) is 0 Å². The van der Waals surface area contributed by atoms with Crippen LogP contribution in [0.4, 0.5) is 5.69 Å². The fourth-order valence-corrected chi connectivity index (χ4v) is 3.51. The van der Waals surface area contributed by atoms with Crippen molar-refractivity contribution in [2.75, 3.05) is 31.2 Å². The first-order valence-corrected chi connectivity index (χ1v) is 9.36. The number of hydrogen-bond donors (Lipinski definition) is 0. The van der Waals surface area contributed by atoms with Gasteiger partial charge in [0.05, 0.1) is 24.4 Å². The Bertz CT molecular complexity index is 910. The maximum Gasteiger partial charge on any atom is 0.0730 e. The molecule has 2 aromatic carbocycles. The number of hydrogen-bond acceptors (Lipinski definition) is 3. The summed E-state index contributed by atoms with van der Waals surface area (Å²) in [7, 11) is 0. The first-order chi connectivity index (χ1) is 12.5. The summed E-state index contributed by atoms with van der Waals surface area (Å²) in [5.41, 5.74) is 6.01. The molecule has 27 heavy (non-hydrogen) atoms. The molecule has 1 saturated heterocycles. The van der Waals surface area contributed by atoms with Crippen molar-refractivity contribution in [2.45, 2.75) is 26.2 Å². The van der Waals surface area contributed by atoms with E-state index in [1.54, 1.807) is 0 Å². The highest BCUT2D eigenvalue weighted by atomic mass is 79.9. The van der Waals surface area contributed by atoms with Gasteiger partial charge in [-0.1, -0.05) is 63.2 Å². The first-order valence-electron chi connectivity index (χ1n) is 9.36. The van der Waals surface area contributed by atoms with Crippen LogP contribution in [0.3, 0.4) is 0 Å². The molecule has 0 N–H and O–H groups in total. The van der Waals surface area contributed by atoms with Crippen LogP contribution in [0.25, 0.3) is 22.2 Å². The van der Waals surface area contributed by atoms with Gasteiger partial charge in [0.15, 0.2) is 0 Å². The van der Waals surface area contributed by atoms with Crippen LogP contribution in [0.15, 0.2) is 54.6 Å². The zero-order valence-electron chi connectivity index (χ0n) is 16.2. The Balaban J connectivity index is 0.00000210. The SMILES string of the molecule is Br.CC(C)(C)c1ccc(-c2cc(N3CCOCC3)c3ccccc3n2)cc1. The number of pyridine rings is 1. The lowest BCUT2D eigenvalue weighted by atomic mass is 9.86. The minimum atomic E-state index is 0. The number of para-hydroxylation sites is 1. The van der Waals surface area contributed by atoms with E-state index in [9.17, 15) is 0 Å². The Morgan fingerprint density at radius 1 is 0.926 bits per heavy atom. The molecule has 4 rings (SSSR count). The summed E-state index contributed by atoms with van der Waals surface area (Å²) < 4.78 is 5.54. The molecule has 4 heteroatoms. The Kier molecular flexibility index (Phi) is 5.87. The molecule has 0 radical (unpaired) electrons. The third-order valence-corrected chi connectivity index (χ3v) is 5.09. The van der Waals surface area contributed by atoms with Gasteiger partial charge < -0.3 is 9.64 Å². The third kappa shape index (κ3) is 4.17. The maximum atomic E-state index is 5.54. The lowest BCUT2D eigenvalue weighted by Crippen LogP contribution is -2.36. The van der Waals surface area contributed by atoms with Gasteiger partial charge in [-0.2, -0.15) is 0 Å². The molecular formula is C23H27BrN2O. The molecule has 0 aliphatic carbocycles. The predicted octanol–water partition coefficient (Wildman–Crippen LogP) is 5.61. The van der Waals surface area contributed by atoms with Crippen molar-refractivity contribution < 1.29 is 4.74 Å². The number of aromatic nitrogens is 1. The van der Waals surface area contributed by atoms with Crippen molar-refractivity contribution in [1.82, 2.24) is 4.98 Å². The average Bonchev–Trinajstić information content (AvgIpc) is 2.67. The smallest absolute Gasteiger partial charge is 0.0730 e. The molecule has 3 nitrogen and oxygen atoms in total. The van der Waals surface area contributed by atoms with E-state index in [-0.39, 0.29) is 22.4 Å². The van der Waals surface area contributed by atoms with Gasteiger partial charge in [-0.05, 0) is 23.1 Å². The number of rotatable bonds is 2. The number of anilines is 1. The maximum absolute atomic E-state index is 5.54. The Morgan fingerprint density at radius 2 is 1.59 bits per heavy atom. The molecule has 1 aliphatic rings. The third-order valence-electron chi connectivity index (χ3n) is 5.09. The molecule has 142 valence electrons. The highest BCUT2D eigenvalue weighted by Crippen LogP contribution is 2.32. The van der Waals surface area contributed by atoms with Gasteiger partial charge in [-0.25, -0.2) is 4.98 Å². The van der Waals surface area contributed by atoms with Gasteiger partial charge in [0.2, 0.25) is 0 Å². The molecule has 0 atom stereocenters. The molecule has 3 aromatic rings. The molecule has 1 aromatic heterocycles. The van der Waals surface area contributed by atoms with E-state index in [1.807, 2.05) is 0 Å². The number of fused-ring (bicyclic) bond motifs is 1. The van der Waals surface area contributed by atoms with Crippen molar-refractivity contribution in [2.24, 2.45) is 0 Å². The number of ether oxygens (including phenoxy) is 1. The zero-order valence-corrected chi connectivity index (χ0v) is 17.9. The highest BCUT2D eigenvalue weighted by Gasteiger charge is 2.17. The molecule has 1 fully saturated rings. The van der Waals surface area contributed by atoms with Gasteiger partial charge in [-0.3, -0.25) is 0 Å². The summed E-state index contributed by atoms with van der Waals surface area (Å²) in [6, 6.07) is 19.5. The van der Waals surface area contributed by atoms with Crippen LogP contribution in [0.2, 0.25) is 0 Å². The van der Waals surface area contributed by atoms with Crippen LogP contribution >= 0.6 is 17.0 Å². The summed E-state index contributed by atoms with van der Waals surface area (Å²) in [5, 5.41) is 1.21. The second-order valence-electron chi connectivity index (χ2n) is 7.97. The summed E-state index contributed by atoms with van der Waals surface area (Å²) in [4.78, 5) is 7.35. The number of morpholine rings is 1. The van der Waals surface area contributed by atoms with Gasteiger partial charge in [0, 0.05) is 29.7 Å². The first kappa shape index (κ1) is 19.8. The Labute approximate surface area is 172 Å². The summed E-state index contributed by atoms with van der Waals surface area (Å²) in [6.45, 7) is 10.2. The summed E-state index contributed by atoms with van der Waals surface area (Å²) >= 11 is 0. The average molecular weight is 427 g/mol. The molecule has 0 bridgehead atoms. The second-order valence-corrected chi connectivity index (χ2v) is 7.97. The monoisotopic (exact) mass is 426 g/mol. The molecule has 2 heterocycles. The summed E-state index contributed by atoms with van der Waals surface area (Å²) in [5.74, 6) is 0. The summed E-state index contributed by atoms with van der Waals surface area (Å²) in [6.07, 6.45) is 0. The minimum Gasteiger partial charge on any atom is -0.378 e. The minimum absolute atomic E-state index is 0. The molecule has 0 saturated carbocycles. The lowest BCUT2D eigenvalue weighted by molar-refractivity contribution is 0.123. The fraction of sp³-hybridized carbons (Fsp3) is 0.348. The van der Waals surface area contributed by atoms with Crippen LogP contribution < -0.4 is 4.90 Å². The Morgan fingerprint density at radius 3 is 2.26 bits per heavy atom. The van der Waals surface area contributed by atoms with Crippen molar-refractivity contribution in [3.05, 3.63) is 60.2 Å². The van der Waals surface area contributed by atoms with Crippen LogP contribution in [0.5, 0.6) is 0 Å². The molecular weight excluding hydrogens is 400 g/mol.